The van der Waals surface area contributed by atoms with Gasteiger partial charge in [-0.15, -0.1) is 0 Å². The van der Waals surface area contributed by atoms with E-state index in [2.05, 4.69) is 23.1 Å². The molecular formula is C11H7ClO. The van der Waals surface area contributed by atoms with E-state index < -0.39 is 0 Å². The van der Waals surface area contributed by atoms with Crippen molar-refractivity contribution in [2.75, 3.05) is 7.11 Å². The summed E-state index contributed by atoms with van der Waals surface area (Å²) in [6.07, 6.45) is 0. The zero-order chi connectivity index (χ0) is 9.52. The van der Waals surface area contributed by atoms with Crippen molar-refractivity contribution in [3.63, 3.8) is 0 Å². The normalized spacial score (nSPS) is 7.54. The Morgan fingerprint density at radius 2 is 1.85 bits per heavy atom. The van der Waals surface area contributed by atoms with Gasteiger partial charge in [-0.2, -0.15) is 0 Å². The van der Waals surface area contributed by atoms with Gasteiger partial charge in [-0.3, -0.25) is 0 Å². The SMILES string of the molecule is COc1ccc(C#CC#CCl)cc1. The zero-order valence-corrected chi connectivity index (χ0v) is 7.85. The summed E-state index contributed by atoms with van der Waals surface area (Å²) in [6.45, 7) is 0. The van der Waals surface area contributed by atoms with Crippen LogP contribution in [0.5, 0.6) is 5.75 Å². The summed E-state index contributed by atoms with van der Waals surface area (Å²) in [5.74, 6) is 8.70. The van der Waals surface area contributed by atoms with Crippen LogP contribution in [0.25, 0.3) is 0 Å². The first-order valence-electron chi connectivity index (χ1n) is 3.62. The Morgan fingerprint density at radius 1 is 1.15 bits per heavy atom. The van der Waals surface area contributed by atoms with E-state index in [-0.39, 0.29) is 0 Å². The third-order valence-electron chi connectivity index (χ3n) is 1.41. The quantitative estimate of drug-likeness (QED) is 0.618. The summed E-state index contributed by atoms with van der Waals surface area (Å²) < 4.78 is 5.00. The summed E-state index contributed by atoms with van der Waals surface area (Å²) in [7, 11) is 1.62. The number of hydrogen-bond acceptors (Lipinski definition) is 1. The molecule has 0 atom stereocenters. The molecule has 1 aromatic rings. The Bertz CT molecular complexity index is 384. The van der Waals surface area contributed by atoms with Gasteiger partial charge in [0.15, 0.2) is 0 Å². The average Bonchev–Trinajstić information content (AvgIpc) is 2.19. The van der Waals surface area contributed by atoms with E-state index in [0.29, 0.717) is 0 Å². The van der Waals surface area contributed by atoms with Gasteiger partial charge in [-0.1, -0.05) is 5.92 Å². The van der Waals surface area contributed by atoms with Gasteiger partial charge in [0.1, 0.15) is 5.75 Å². The molecule has 0 bridgehead atoms. The lowest BCUT2D eigenvalue weighted by Crippen LogP contribution is -1.81. The van der Waals surface area contributed by atoms with Crippen LogP contribution in [0.4, 0.5) is 0 Å². The van der Waals surface area contributed by atoms with Gasteiger partial charge in [-0.25, -0.2) is 0 Å². The summed E-state index contributed by atoms with van der Waals surface area (Å²) >= 11 is 5.13. The number of hydrogen-bond donors (Lipinski definition) is 0. The molecule has 0 amide bonds. The van der Waals surface area contributed by atoms with E-state index in [9.17, 15) is 0 Å². The van der Waals surface area contributed by atoms with Crippen molar-refractivity contribution >= 4 is 11.6 Å². The molecule has 0 aliphatic rings. The molecule has 0 saturated heterocycles. The van der Waals surface area contributed by atoms with Gasteiger partial charge in [0.05, 0.1) is 7.11 Å². The van der Waals surface area contributed by atoms with E-state index in [1.54, 1.807) is 7.11 Å². The molecule has 13 heavy (non-hydrogen) atoms. The molecule has 1 aromatic carbocycles. The number of methoxy groups -OCH3 is 1. The second kappa shape index (κ2) is 5.14. The highest BCUT2D eigenvalue weighted by atomic mass is 35.5. The highest BCUT2D eigenvalue weighted by Crippen LogP contribution is 2.09. The highest BCUT2D eigenvalue weighted by Gasteiger charge is 1.88. The van der Waals surface area contributed by atoms with E-state index in [1.165, 1.54) is 0 Å². The molecule has 64 valence electrons. The first-order chi connectivity index (χ1) is 6.36. The summed E-state index contributed by atoms with van der Waals surface area (Å²) in [4.78, 5) is 0. The van der Waals surface area contributed by atoms with Crippen molar-refractivity contribution in [2.24, 2.45) is 0 Å². The topological polar surface area (TPSA) is 9.23 Å². The third kappa shape index (κ3) is 3.11. The van der Waals surface area contributed by atoms with Gasteiger partial charge >= 0.3 is 0 Å². The predicted octanol–water partition coefficient (Wildman–Crippen LogP) is 2.25. The Hall–Kier alpha value is -1.57. The monoisotopic (exact) mass is 190 g/mol. The summed E-state index contributed by atoms with van der Waals surface area (Å²) in [6, 6.07) is 7.42. The van der Waals surface area contributed by atoms with Crippen molar-refractivity contribution in [1.82, 2.24) is 0 Å². The van der Waals surface area contributed by atoms with Crippen molar-refractivity contribution in [3.05, 3.63) is 29.8 Å². The lowest BCUT2D eigenvalue weighted by Gasteiger charge is -1.96. The van der Waals surface area contributed by atoms with Gasteiger partial charge in [0.2, 0.25) is 0 Å². The van der Waals surface area contributed by atoms with Crippen LogP contribution in [0, 0.1) is 23.1 Å². The maximum atomic E-state index is 5.13. The lowest BCUT2D eigenvalue weighted by atomic mass is 10.2. The van der Waals surface area contributed by atoms with Crippen LogP contribution in [-0.2, 0) is 0 Å². The van der Waals surface area contributed by atoms with Crippen LogP contribution in [0.15, 0.2) is 24.3 Å². The zero-order valence-electron chi connectivity index (χ0n) is 7.10. The number of rotatable bonds is 1. The van der Waals surface area contributed by atoms with Crippen molar-refractivity contribution < 1.29 is 4.74 Å². The third-order valence-corrected chi connectivity index (χ3v) is 1.50. The second-order valence-corrected chi connectivity index (χ2v) is 2.39. The van der Waals surface area contributed by atoms with Crippen LogP contribution in [0.3, 0.4) is 0 Å². The van der Waals surface area contributed by atoms with Crippen molar-refractivity contribution in [1.29, 1.82) is 0 Å². The lowest BCUT2D eigenvalue weighted by molar-refractivity contribution is 0.415. The molecule has 2 heteroatoms. The van der Waals surface area contributed by atoms with E-state index in [1.807, 2.05) is 24.3 Å². The molecule has 0 saturated carbocycles. The molecule has 0 unspecified atom stereocenters. The molecule has 1 rings (SSSR count). The van der Waals surface area contributed by atoms with Crippen LogP contribution >= 0.6 is 11.6 Å². The standard InChI is InChI=1S/C11H7ClO/c1-13-11-7-5-10(6-8-11)4-2-3-9-12/h5-8H,1H3. The summed E-state index contributed by atoms with van der Waals surface area (Å²) in [5.41, 5.74) is 0.889. The fraction of sp³-hybridized carbons (Fsp3) is 0.0909. The predicted molar refractivity (Wildman–Crippen MR) is 53.5 cm³/mol. The smallest absolute Gasteiger partial charge is 0.118 e. The Balaban J connectivity index is 2.80. The molecule has 0 radical (unpaired) electrons. The molecule has 0 aromatic heterocycles. The van der Waals surface area contributed by atoms with Gasteiger partial charge in [0.25, 0.3) is 0 Å². The minimum absolute atomic E-state index is 0.814. The fourth-order valence-corrected chi connectivity index (χ4v) is 0.849. The number of ether oxygens (including phenoxy) is 1. The van der Waals surface area contributed by atoms with E-state index >= 15 is 0 Å². The average molecular weight is 191 g/mol. The molecule has 0 heterocycles. The Kier molecular flexibility index (Phi) is 3.76. The first-order valence-corrected chi connectivity index (χ1v) is 4.00. The molecule has 0 N–H and O–H groups in total. The number of halogens is 1. The van der Waals surface area contributed by atoms with Crippen LogP contribution < -0.4 is 4.74 Å². The van der Waals surface area contributed by atoms with Gasteiger partial charge in [-0.05, 0) is 41.8 Å². The minimum atomic E-state index is 0.814. The molecule has 1 nitrogen and oxygen atoms in total. The Labute approximate surface area is 82.7 Å². The molecule has 0 aliphatic carbocycles. The summed E-state index contributed by atoms with van der Waals surface area (Å²) in [5, 5.41) is 2.18. The molecule has 0 spiro atoms. The molecular weight excluding hydrogens is 184 g/mol. The maximum Gasteiger partial charge on any atom is 0.118 e. The molecule has 0 aliphatic heterocycles. The molecule has 0 fully saturated rings. The minimum Gasteiger partial charge on any atom is -0.497 e. The Morgan fingerprint density at radius 3 is 2.38 bits per heavy atom. The number of benzene rings is 1. The van der Waals surface area contributed by atoms with Crippen LogP contribution in [0.2, 0.25) is 0 Å². The second-order valence-electron chi connectivity index (χ2n) is 2.20. The van der Waals surface area contributed by atoms with Crippen molar-refractivity contribution in [2.45, 2.75) is 0 Å². The fourth-order valence-electron chi connectivity index (χ4n) is 0.801. The van der Waals surface area contributed by atoms with Gasteiger partial charge < -0.3 is 4.74 Å². The van der Waals surface area contributed by atoms with Crippen LogP contribution in [-0.4, -0.2) is 7.11 Å². The van der Waals surface area contributed by atoms with Gasteiger partial charge in [0, 0.05) is 16.9 Å². The van der Waals surface area contributed by atoms with E-state index in [4.69, 9.17) is 16.3 Å². The largest absolute Gasteiger partial charge is 0.497 e. The van der Waals surface area contributed by atoms with E-state index in [0.717, 1.165) is 11.3 Å². The van der Waals surface area contributed by atoms with Crippen LogP contribution in [0.1, 0.15) is 5.56 Å². The highest BCUT2D eigenvalue weighted by molar-refractivity contribution is 6.30. The first kappa shape index (κ1) is 9.52. The maximum absolute atomic E-state index is 5.13. The van der Waals surface area contributed by atoms with Crippen molar-refractivity contribution in [3.8, 4) is 28.9 Å².